The monoisotopic (exact) mass is 299 g/mol. The van der Waals surface area contributed by atoms with Crippen LogP contribution in [-0.2, 0) is 6.61 Å². The Hall–Kier alpha value is -2.14. The lowest BCUT2D eigenvalue weighted by atomic mass is 10.2. The van der Waals surface area contributed by atoms with Gasteiger partial charge in [0.15, 0.2) is 5.13 Å². The van der Waals surface area contributed by atoms with Crippen LogP contribution in [0.1, 0.15) is 18.2 Å². The summed E-state index contributed by atoms with van der Waals surface area (Å²) in [4.78, 5) is 9.77. The molecule has 0 aliphatic carbocycles. The van der Waals surface area contributed by atoms with Gasteiger partial charge in [-0.3, -0.25) is 4.98 Å². The van der Waals surface area contributed by atoms with Gasteiger partial charge < -0.3 is 10.1 Å². The molecule has 0 fully saturated rings. The van der Waals surface area contributed by atoms with Crippen molar-refractivity contribution in [3.63, 3.8) is 0 Å². The molecule has 21 heavy (non-hydrogen) atoms. The standard InChI is InChI=1S/C16H17N3OS/c1-2-7-18-16-19-10-14(21-16)11-20-13-6-5-12-4-3-8-17-15(12)9-13/h3-6,8-10H,2,7,11H2,1H3,(H,18,19). The zero-order chi connectivity index (χ0) is 14.5. The first-order valence-electron chi connectivity index (χ1n) is 7.01. The van der Waals surface area contributed by atoms with E-state index in [1.807, 2.05) is 36.5 Å². The molecule has 4 nitrogen and oxygen atoms in total. The zero-order valence-electron chi connectivity index (χ0n) is 11.9. The van der Waals surface area contributed by atoms with Crippen LogP contribution in [0.25, 0.3) is 10.9 Å². The average molecular weight is 299 g/mol. The molecule has 0 saturated carbocycles. The summed E-state index contributed by atoms with van der Waals surface area (Å²) in [5.41, 5.74) is 0.949. The van der Waals surface area contributed by atoms with Crippen molar-refractivity contribution < 1.29 is 4.74 Å². The summed E-state index contributed by atoms with van der Waals surface area (Å²) in [5.74, 6) is 0.831. The van der Waals surface area contributed by atoms with Gasteiger partial charge in [-0.2, -0.15) is 0 Å². The summed E-state index contributed by atoms with van der Waals surface area (Å²) in [6.45, 7) is 3.62. The number of benzene rings is 1. The van der Waals surface area contributed by atoms with Crippen LogP contribution >= 0.6 is 11.3 Å². The number of rotatable bonds is 6. The molecule has 5 heteroatoms. The molecule has 1 N–H and O–H groups in total. The molecular formula is C16H17N3OS. The van der Waals surface area contributed by atoms with Crippen LogP contribution in [0.4, 0.5) is 5.13 Å². The second-order valence-corrected chi connectivity index (χ2v) is 5.82. The van der Waals surface area contributed by atoms with E-state index < -0.39 is 0 Å². The van der Waals surface area contributed by atoms with Gasteiger partial charge in [0.1, 0.15) is 12.4 Å². The second-order valence-electron chi connectivity index (χ2n) is 4.71. The van der Waals surface area contributed by atoms with E-state index in [2.05, 4.69) is 22.2 Å². The Balaban J connectivity index is 1.64. The van der Waals surface area contributed by atoms with Crippen LogP contribution in [-0.4, -0.2) is 16.5 Å². The third-order valence-electron chi connectivity index (χ3n) is 3.04. The number of aromatic nitrogens is 2. The minimum absolute atomic E-state index is 0.532. The predicted molar refractivity (Wildman–Crippen MR) is 87.0 cm³/mol. The van der Waals surface area contributed by atoms with Crippen LogP contribution < -0.4 is 10.1 Å². The minimum Gasteiger partial charge on any atom is -0.488 e. The molecule has 2 heterocycles. The van der Waals surface area contributed by atoms with E-state index in [4.69, 9.17) is 4.74 Å². The molecule has 0 atom stereocenters. The van der Waals surface area contributed by atoms with Crippen molar-refractivity contribution in [2.75, 3.05) is 11.9 Å². The third-order valence-corrected chi connectivity index (χ3v) is 3.97. The fourth-order valence-corrected chi connectivity index (χ4v) is 2.73. The van der Waals surface area contributed by atoms with Gasteiger partial charge in [0, 0.05) is 30.4 Å². The molecule has 3 aromatic rings. The van der Waals surface area contributed by atoms with Gasteiger partial charge in [-0.1, -0.05) is 24.3 Å². The number of nitrogens with one attached hydrogen (secondary N) is 1. The van der Waals surface area contributed by atoms with E-state index in [-0.39, 0.29) is 0 Å². The number of hydrogen-bond donors (Lipinski definition) is 1. The van der Waals surface area contributed by atoms with E-state index in [9.17, 15) is 0 Å². The lowest BCUT2D eigenvalue weighted by Crippen LogP contribution is -1.97. The number of nitrogens with zero attached hydrogens (tertiary/aromatic N) is 2. The number of fused-ring (bicyclic) bond motifs is 1. The summed E-state index contributed by atoms with van der Waals surface area (Å²) >= 11 is 1.63. The maximum Gasteiger partial charge on any atom is 0.182 e. The highest BCUT2D eigenvalue weighted by Crippen LogP contribution is 2.22. The smallest absolute Gasteiger partial charge is 0.182 e. The maximum atomic E-state index is 5.82. The van der Waals surface area contributed by atoms with Gasteiger partial charge in [0.25, 0.3) is 0 Å². The molecule has 0 radical (unpaired) electrons. The summed E-state index contributed by atoms with van der Waals surface area (Å²) in [6.07, 6.45) is 4.75. The summed E-state index contributed by atoms with van der Waals surface area (Å²) in [7, 11) is 0. The van der Waals surface area contributed by atoms with Crippen molar-refractivity contribution >= 4 is 27.4 Å². The largest absolute Gasteiger partial charge is 0.488 e. The molecule has 0 spiro atoms. The van der Waals surface area contributed by atoms with Crippen LogP contribution in [0.3, 0.4) is 0 Å². The topological polar surface area (TPSA) is 47.0 Å². The molecule has 3 rings (SSSR count). The van der Waals surface area contributed by atoms with Crippen molar-refractivity contribution in [3.05, 3.63) is 47.6 Å². The Kier molecular flexibility index (Phi) is 4.31. The first-order valence-corrected chi connectivity index (χ1v) is 7.83. The van der Waals surface area contributed by atoms with Gasteiger partial charge in [0.05, 0.1) is 10.4 Å². The van der Waals surface area contributed by atoms with Crippen molar-refractivity contribution in [2.45, 2.75) is 20.0 Å². The Bertz CT molecular complexity index is 726. The number of thiazole rings is 1. The summed E-state index contributed by atoms with van der Waals surface area (Å²) < 4.78 is 5.82. The molecule has 0 aliphatic rings. The maximum absolute atomic E-state index is 5.82. The number of anilines is 1. The van der Waals surface area contributed by atoms with Gasteiger partial charge >= 0.3 is 0 Å². The fourth-order valence-electron chi connectivity index (χ4n) is 1.98. The summed E-state index contributed by atoms with van der Waals surface area (Å²) in [6, 6.07) is 9.94. The van der Waals surface area contributed by atoms with Crippen LogP contribution in [0.2, 0.25) is 0 Å². The first-order chi connectivity index (χ1) is 10.3. The molecule has 0 unspecified atom stereocenters. The minimum atomic E-state index is 0.532. The molecule has 1 aromatic carbocycles. The number of pyridine rings is 1. The Morgan fingerprint density at radius 2 is 2.19 bits per heavy atom. The van der Waals surface area contributed by atoms with E-state index in [0.717, 1.165) is 39.6 Å². The van der Waals surface area contributed by atoms with Crippen LogP contribution in [0.5, 0.6) is 5.75 Å². The van der Waals surface area contributed by atoms with E-state index in [1.165, 1.54) is 0 Å². The fraction of sp³-hybridized carbons (Fsp3) is 0.250. The summed E-state index contributed by atoms with van der Waals surface area (Å²) in [5, 5.41) is 5.35. The Labute approximate surface area is 127 Å². The molecular weight excluding hydrogens is 282 g/mol. The van der Waals surface area contributed by atoms with Gasteiger partial charge in [-0.05, 0) is 24.6 Å². The lowest BCUT2D eigenvalue weighted by molar-refractivity contribution is 0.310. The van der Waals surface area contributed by atoms with Crippen molar-refractivity contribution in [1.82, 2.24) is 9.97 Å². The third kappa shape index (κ3) is 3.49. The number of ether oxygens (including phenoxy) is 1. The van der Waals surface area contributed by atoms with Gasteiger partial charge in [0.2, 0.25) is 0 Å². The van der Waals surface area contributed by atoms with Crippen molar-refractivity contribution in [2.24, 2.45) is 0 Å². The van der Waals surface area contributed by atoms with Crippen molar-refractivity contribution in [3.8, 4) is 5.75 Å². The Morgan fingerprint density at radius 1 is 1.24 bits per heavy atom. The molecule has 108 valence electrons. The molecule has 0 bridgehead atoms. The molecule has 0 aliphatic heterocycles. The van der Waals surface area contributed by atoms with Crippen LogP contribution in [0, 0.1) is 0 Å². The van der Waals surface area contributed by atoms with E-state index in [0.29, 0.717) is 6.61 Å². The molecule has 2 aromatic heterocycles. The van der Waals surface area contributed by atoms with Crippen molar-refractivity contribution in [1.29, 1.82) is 0 Å². The van der Waals surface area contributed by atoms with Crippen LogP contribution in [0.15, 0.2) is 42.7 Å². The van der Waals surface area contributed by atoms with Gasteiger partial charge in [-0.25, -0.2) is 4.98 Å². The molecule has 0 amide bonds. The first kappa shape index (κ1) is 13.8. The van der Waals surface area contributed by atoms with Gasteiger partial charge in [-0.15, -0.1) is 0 Å². The normalized spacial score (nSPS) is 10.7. The van der Waals surface area contributed by atoms with E-state index in [1.54, 1.807) is 17.5 Å². The highest BCUT2D eigenvalue weighted by molar-refractivity contribution is 7.15. The second kappa shape index (κ2) is 6.54. The number of hydrogen-bond acceptors (Lipinski definition) is 5. The lowest BCUT2D eigenvalue weighted by Gasteiger charge is -2.05. The average Bonchev–Trinajstić information content (AvgIpc) is 2.98. The highest BCUT2D eigenvalue weighted by Gasteiger charge is 2.03. The quantitative estimate of drug-likeness (QED) is 0.744. The zero-order valence-corrected chi connectivity index (χ0v) is 12.7. The molecule has 0 saturated heterocycles. The van der Waals surface area contributed by atoms with E-state index >= 15 is 0 Å². The highest BCUT2D eigenvalue weighted by atomic mass is 32.1. The predicted octanol–water partition coefficient (Wildman–Crippen LogP) is 4.09. The SMILES string of the molecule is CCCNc1ncc(COc2ccc3cccnc3c2)s1. The Morgan fingerprint density at radius 3 is 3.10 bits per heavy atom.